The van der Waals surface area contributed by atoms with Gasteiger partial charge in [0, 0.05) is 16.3 Å². The minimum atomic E-state index is -0.983. The lowest BCUT2D eigenvalue weighted by molar-refractivity contribution is 0.0699. The highest BCUT2D eigenvalue weighted by Crippen LogP contribution is 2.37. The molecule has 0 amide bonds. The first-order valence-corrected chi connectivity index (χ1v) is 7.98. The lowest BCUT2D eigenvalue weighted by Gasteiger charge is -2.19. The van der Waals surface area contributed by atoms with E-state index in [0.717, 1.165) is 9.75 Å². The summed E-state index contributed by atoms with van der Waals surface area (Å²) in [5.41, 5.74) is 1.47. The second-order valence-corrected chi connectivity index (χ2v) is 6.57. The van der Waals surface area contributed by atoms with Gasteiger partial charge in [-0.3, -0.25) is 0 Å². The van der Waals surface area contributed by atoms with E-state index in [-0.39, 0.29) is 5.56 Å². The van der Waals surface area contributed by atoms with Crippen LogP contribution in [-0.4, -0.2) is 29.3 Å². The molecule has 0 saturated carbocycles. The van der Waals surface area contributed by atoms with Crippen molar-refractivity contribution in [3.05, 3.63) is 40.8 Å². The van der Waals surface area contributed by atoms with E-state index in [4.69, 9.17) is 9.47 Å². The first kappa shape index (κ1) is 14.0. The zero-order valence-electron chi connectivity index (χ0n) is 12.3. The first-order chi connectivity index (χ1) is 11.1. The lowest BCUT2D eigenvalue weighted by atomic mass is 10.1. The molecular weight excluding hydrogens is 314 g/mol. The van der Waals surface area contributed by atoms with Gasteiger partial charge in [-0.05, 0) is 31.2 Å². The molecule has 1 aliphatic heterocycles. The molecule has 4 rings (SSSR count). The van der Waals surface area contributed by atoms with Crippen LogP contribution < -0.4 is 9.47 Å². The number of carbonyl (C=O) groups is 1. The molecule has 6 heteroatoms. The van der Waals surface area contributed by atoms with Crippen molar-refractivity contribution in [2.75, 3.05) is 13.2 Å². The minimum Gasteiger partial charge on any atom is -0.486 e. The summed E-state index contributed by atoms with van der Waals surface area (Å²) >= 11 is 1.59. The fourth-order valence-electron chi connectivity index (χ4n) is 2.64. The van der Waals surface area contributed by atoms with Gasteiger partial charge < -0.3 is 14.6 Å². The number of fused-ring (bicyclic) bond motifs is 2. The fourth-order valence-corrected chi connectivity index (χ4v) is 3.47. The molecule has 0 spiro atoms. The molecule has 0 bridgehead atoms. The third-order valence-electron chi connectivity index (χ3n) is 3.70. The highest BCUT2D eigenvalue weighted by Gasteiger charge is 2.19. The van der Waals surface area contributed by atoms with Gasteiger partial charge in [0.15, 0.2) is 11.5 Å². The van der Waals surface area contributed by atoms with Crippen molar-refractivity contribution in [3.8, 4) is 22.1 Å². The number of aromatic carboxylic acids is 1. The number of benzene rings is 1. The average Bonchev–Trinajstić information content (AvgIpc) is 2.98. The van der Waals surface area contributed by atoms with Gasteiger partial charge in [0.25, 0.3) is 0 Å². The van der Waals surface area contributed by atoms with Gasteiger partial charge in [-0.1, -0.05) is 0 Å². The maximum atomic E-state index is 11.7. The molecule has 1 aliphatic rings. The fraction of sp³-hybridized carbons (Fsp3) is 0.176. The molecule has 23 heavy (non-hydrogen) atoms. The molecular formula is C17H13NO4S. The van der Waals surface area contributed by atoms with Crippen LogP contribution in [0.1, 0.15) is 15.2 Å². The van der Waals surface area contributed by atoms with E-state index in [1.165, 1.54) is 0 Å². The number of carboxylic acid groups (broad SMARTS) is 1. The van der Waals surface area contributed by atoms with Crippen LogP contribution in [0, 0.1) is 6.92 Å². The summed E-state index contributed by atoms with van der Waals surface area (Å²) in [4.78, 5) is 18.4. The molecule has 1 aromatic carbocycles. The van der Waals surface area contributed by atoms with E-state index in [9.17, 15) is 9.90 Å². The van der Waals surface area contributed by atoms with Gasteiger partial charge in [-0.15, -0.1) is 11.3 Å². The predicted octanol–water partition coefficient (Wildman–Crippen LogP) is 3.74. The van der Waals surface area contributed by atoms with Crippen molar-refractivity contribution >= 4 is 28.2 Å². The Morgan fingerprint density at radius 1 is 1.17 bits per heavy atom. The molecule has 0 saturated heterocycles. The van der Waals surface area contributed by atoms with Crippen molar-refractivity contribution in [1.29, 1.82) is 0 Å². The summed E-state index contributed by atoms with van der Waals surface area (Å²) in [6, 6.07) is 9.02. The smallest absolute Gasteiger partial charge is 0.336 e. The van der Waals surface area contributed by atoms with Crippen molar-refractivity contribution < 1.29 is 19.4 Å². The van der Waals surface area contributed by atoms with Crippen molar-refractivity contribution in [1.82, 2.24) is 4.98 Å². The number of rotatable bonds is 2. The Kier molecular flexibility index (Phi) is 3.20. The van der Waals surface area contributed by atoms with Crippen LogP contribution in [-0.2, 0) is 0 Å². The van der Waals surface area contributed by atoms with Crippen LogP contribution in [0.5, 0.6) is 11.5 Å². The second kappa shape index (κ2) is 5.24. The number of thiophene rings is 1. The second-order valence-electron chi connectivity index (χ2n) is 5.28. The molecule has 0 unspecified atom stereocenters. The van der Waals surface area contributed by atoms with Gasteiger partial charge in [-0.2, -0.15) is 0 Å². The van der Waals surface area contributed by atoms with E-state index in [1.54, 1.807) is 29.5 Å². The molecule has 0 fully saturated rings. The summed E-state index contributed by atoms with van der Waals surface area (Å²) in [6.45, 7) is 2.95. The first-order valence-electron chi connectivity index (χ1n) is 7.16. The van der Waals surface area contributed by atoms with Gasteiger partial charge >= 0.3 is 5.97 Å². The maximum absolute atomic E-state index is 11.7. The van der Waals surface area contributed by atoms with Crippen molar-refractivity contribution in [2.45, 2.75) is 6.92 Å². The van der Waals surface area contributed by atoms with E-state index in [0.29, 0.717) is 41.3 Å². The predicted molar refractivity (Wildman–Crippen MR) is 87.7 cm³/mol. The standard InChI is InChI=1S/C17H13NO4S/c1-9-2-3-16(23-9)13-6-11(17(19)20)10-7-14-15(8-12(10)18-13)22-5-4-21-14/h2-3,6-8H,4-5H2,1H3,(H,19,20). The minimum absolute atomic E-state index is 0.216. The molecule has 0 atom stereocenters. The number of carboxylic acids is 1. The van der Waals surface area contributed by atoms with Crippen molar-refractivity contribution in [2.24, 2.45) is 0 Å². The number of ether oxygens (including phenoxy) is 2. The third-order valence-corrected chi connectivity index (χ3v) is 4.72. The SMILES string of the molecule is Cc1ccc(-c2cc(C(=O)O)c3cc4c(cc3n2)OCCO4)s1. The molecule has 3 aromatic rings. The van der Waals surface area contributed by atoms with Crippen LogP contribution in [0.25, 0.3) is 21.5 Å². The summed E-state index contributed by atoms with van der Waals surface area (Å²) in [7, 11) is 0. The van der Waals surface area contributed by atoms with Crippen LogP contribution in [0.4, 0.5) is 0 Å². The summed E-state index contributed by atoms with van der Waals surface area (Å²) < 4.78 is 11.1. The maximum Gasteiger partial charge on any atom is 0.336 e. The molecule has 0 aliphatic carbocycles. The number of hydrogen-bond donors (Lipinski definition) is 1. The highest BCUT2D eigenvalue weighted by atomic mass is 32.1. The monoisotopic (exact) mass is 327 g/mol. The zero-order chi connectivity index (χ0) is 16.0. The Morgan fingerprint density at radius 2 is 1.91 bits per heavy atom. The summed E-state index contributed by atoms with van der Waals surface area (Å²) in [6.07, 6.45) is 0. The Bertz CT molecular complexity index is 932. The quantitative estimate of drug-likeness (QED) is 0.776. The summed E-state index contributed by atoms with van der Waals surface area (Å²) in [5.74, 6) is 0.184. The average molecular weight is 327 g/mol. The molecule has 116 valence electrons. The van der Waals surface area contributed by atoms with Crippen LogP contribution >= 0.6 is 11.3 Å². The van der Waals surface area contributed by atoms with Crippen molar-refractivity contribution in [3.63, 3.8) is 0 Å². The number of hydrogen-bond acceptors (Lipinski definition) is 5. The molecule has 3 heterocycles. The number of pyridine rings is 1. The Labute approximate surface area is 136 Å². The zero-order valence-corrected chi connectivity index (χ0v) is 13.1. The highest BCUT2D eigenvalue weighted by molar-refractivity contribution is 7.15. The molecule has 5 nitrogen and oxygen atoms in total. The third kappa shape index (κ3) is 2.41. The molecule has 0 radical (unpaired) electrons. The number of nitrogens with zero attached hydrogens (tertiary/aromatic N) is 1. The summed E-state index contributed by atoms with van der Waals surface area (Å²) in [5, 5.41) is 10.1. The number of aryl methyl sites for hydroxylation is 1. The Hall–Kier alpha value is -2.60. The Morgan fingerprint density at radius 3 is 2.57 bits per heavy atom. The van der Waals surface area contributed by atoms with E-state index in [1.807, 2.05) is 19.1 Å². The normalized spacial score (nSPS) is 13.3. The van der Waals surface area contributed by atoms with Gasteiger partial charge in [0.2, 0.25) is 0 Å². The van der Waals surface area contributed by atoms with Crippen LogP contribution in [0.15, 0.2) is 30.3 Å². The number of aromatic nitrogens is 1. The van der Waals surface area contributed by atoms with E-state index in [2.05, 4.69) is 4.98 Å². The van der Waals surface area contributed by atoms with Crippen LogP contribution in [0.2, 0.25) is 0 Å². The van der Waals surface area contributed by atoms with E-state index >= 15 is 0 Å². The largest absolute Gasteiger partial charge is 0.486 e. The van der Waals surface area contributed by atoms with E-state index < -0.39 is 5.97 Å². The molecule has 2 aromatic heterocycles. The Balaban J connectivity index is 1.98. The van der Waals surface area contributed by atoms with Gasteiger partial charge in [0.1, 0.15) is 13.2 Å². The van der Waals surface area contributed by atoms with Crippen LogP contribution in [0.3, 0.4) is 0 Å². The topological polar surface area (TPSA) is 68.7 Å². The molecule has 1 N–H and O–H groups in total. The lowest BCUT2D eigenvalue weighted by Crippen LogP contribution is -2.15. The van der Waals surface area contributed by atoms with Gasteiger partial charge in [-0.25, -0.2) is 9.78 Å². The van der Waals surface area contributed by atoms with Gasteiger partial charge in [0.05, 0.1) is 21.7 Å².